The summed E-state index contributed by atoms with van der Waals surface area (Å²) in [6, 6.07) is 10.0. The number of carbonyl (C=O) groups excluding carboxylic acids is 1. The molecule has 0 spiro atoms. The maximum absolute atomic E-state index is 13.1. The summed E-state index contributed by atoms with van der Waals surface area (Å²) >= 11 is 0. The molecule has 1 amide bonds. The predicted octanol–water partition coefficient (Wildman–Crippen LogP) is 2.52. The standard InChI is InChI=1S/C20H24N6O/c1-14-16(13-25(3)23-14)12-24(2)20(27)17-10-7-11-26-18(21-22-19(17)26)15-8-5-4-6-9-15/h4-6,8-9,13,17H,7,10-12H2,1-3H3. The lowest BCUT2D eigenvalue weighted by Crippen LogP contribution is -2.34. The lowest BCUT2D eigenvalue weighted by molar-refractivity contribution is -0.132. The van der Waals surface area contributed by atoms with Crippen LogP contribution in [0.4, 0.5) is 0 Å². The molecule has 0 saturated carbocycles. The Morgan fingerprint density at radius 3 is 2.74 bits per heavy atom. The van der Waals surface area contributed by atoms with Gasteiger partial charge in [0.05, 0.1) is 11.6 Å². The predicted molar refractivity (Wildman–Crippen MR) is 102 cm³/mol. The Morgan fingerprint density at radius 1 is 1.26 bits per heavy atom. The second-order valence-electron chi connectivity index (χ2n) is 7.20. The van der Waals surface area contributed by atoms with Gasteiger partial charge in [0.15, 0.2) is 5.82 Å². The number of hydrogen-bond donors (Lipinski definition) is 0. The Morgan fingerprint density at radius 2 is 2.04 bits per heavy atom. The van der Waals surface area contributed by atoms with Gasteiger partial charge in [-0.15, -0.1) is 10.2 Å². The smallest absolute Gasteiger partial charge is 0.233 e. The summed E-state index contributed by atoms with van der Waals surface area (Å²) in [4.78, 5) is 14.9. The van der Waals surface area contributed by atoms with E-state index in [0.29, 0.717) is 6.54 Å². The first-order chi connectivity index (χ1) is 13.0. The van der Waals surface area contributed by atoms with Gasteiger partial charge >= 0.3 is 0 Å². The van der Waals surface area contributed by atoms with Crippen LogP contribution in [-0.2, 0) is 24.9 Å². The molecular formula is C20H24N6O. The van der Waals surface area contributed by atoms with Gasteiger partial charge in [0, 0.05) is 44.5 Å². The van der Waals surface area contributed by atoms with Gasteiger partial charge in [-0.05, 0) is 19.8 Å². The van der Waals surface area contributed by atoms with Crippen molar-refractivity contribution in [1.29, 1.82) is 0 Å². The molecule has 7 heteroatoms. The lowest BCUT2D eigenvalue weighted by atomic mass is 9.97. The van der Waals surface area contributed by atoms with Crippen molar-refractivity contribution in [3.63, 3.8) is 0 Å². The third-order valence-electron chi connectivity index (χ3n) is 5.19. The molecule has 2 aromatic heterocycles. The van der Waals surface area contributed by atoms with Gasteiger partial charge in [-0.1, -0.05) is 30.3 Å². The van der Waals surface area contributed by atoms with Crippen molar-refractivity contribution in [2.24, 2.45) is 7.05 Å². The quantitative estimate of drug-likeness (QED) is 0.713. The molecule has 7 nitrogen and oxygen atoms in total. The van der Waals surface area contributed by atoms with Crippen LogP contribution in [0, 0.1) is 6.92 Å². The van der Waals surface area contributed by atoms with Crippen LogP contribution < -0.4 is 0 Å². The molecule has 1 unspecified atom stereocenters. The molecule has 3 aromatic rings. The van der Waals surface area contributed by atoms with Crippen LogP contribution in [-0.4, -0.2) is 42.4 Å². The number of benzene rings is 1. The van der Waals surface area contributed by atoms with E-state index in [1.165, 1.54) is 0 Å². The normalized spacial score (nSPS) is 16.2. The van der Waals surface area contributed by atoms with Crippen molar-refractivity contribution in [1.82, 2.24) is 29.4 Å². The Labute approximate surface area is 158 Å². The maximum atomic E-state index is 13.1. The molecule has 0 radical (unpaired) electrons. The first-order valence-corrected chi connectivity index (χ1v) is 9.27. The van der Waals surface area contributed by atoms with Crippen molar-refractivity contribution in [2.75, 3.05) is 7.05 Å². The van der Waals surface area contributed by atoms with Gasteiger partial charge in [-0.2, -0.15) is 5.10 Å². The van der Waals surface area contributed by atoms with Gasteiger partial charge in [0.2, 0.25) is 5.91 Å². The fourth-order valence-corrected chi connectivity index (χ4v) is 3.81. The van der Waals surface area contributed by atoms with Crippen LogP contribution >= 0.6 is 0 Å². The van der Waals surface area contributed by atoms with Gasteiger partial charge in [0.1, 0.15) is 5.82 Å². The molecule has 0 fully saturated rings. The Kier molecular flexibility index (Phi) is 4.51. The summed E-state index contributed by atoms with van der Waals surface area (Å²) in [5.74, 6) is 1.46. The highest BCUT2D eigenvalue weighted by atomic mass is 16.2. The van der Waals surface area contributed by atoms with Gasteiger partial charge in [-0.3, -0.25) is 9.48 Å². The molecule has 0 bridgehead atoms. The highest BCUT2D eigenvalue weighted by molar-refractivity contribution is 5.83. The summed E-state index contributed by atoms with van der Waals surface area (Å²) in [6.07, 6.45) is 3.72. The second kappa shape index (κ2) is 6.98. The van der Waals surface area contributed by atoms with Crippen LogP contribution in [0.15, 0.2) is 36.5 Å². The molecule has 0 saturated heterocycles. The summed E-state index contributed by atoms with van der Waals surface area (Å²) in [5.41, 5.74) is 3.05. The maximum Gasteiger partial charge on any atom is 0.233 e. The molecule has 1 aliphatic rings. The third-order valence-corrected chi connectivity index (χ3v) is 5.19. The van der Waals surface area contributed by atoms with Crippen LogP contribution in [0.1, 0.15) is 35.8 Å². The zero-order valence-corrected chi connectivity index (χ0v) is 16.0. The van der Waals surface area contributed by atoms with Crippen molar-refractivity contribution < 1.29 is 4.79 Å². The van der Waals surface area contributed by atoms with Crippen LogP contribution in [0.5, 0.6) is 0 Å². The number of rotatable bonds is 4. The highest BCUT2D eigenvalue weighted by Gasteiger charge is 2.33. The SMILES string of the molecule is Cc1nn(C)cc1CN(C)C(=O)C1CCCn2c(-c3ccccc3)nnc21. The number of likely N-dealkylation sites (N-methyl/N-ethyl adjacent to an activating group) is 1. The minimum Gasteiger partial charge on any atom is -0.341 e. The molecule has 1 aliphatic heterocycles. The molecule has 1 atom stereocenters. The second-order valence-corrected chi connectivity index (χ2v) is 7.20. The van der Waals surface area contributed by atoms with E-state index >= 15 is 0 Å². The van der Waals surface area contributed by atoms with E-state index in [9.17, 15) is 4.79 Å². The van der Waals surface area contributed by atoms with E-state index in [1.807, 2.05) is 57.5 Å². The number of nitrogens with zero attached hydrogens (tertiary/aromatic N) is 6. The Balaban J connectivity index is 1.58. The van der Waals surface area contributed by atoms with Gasteiger partial charge < -0.3 is 9.47 Å². The van der Waals surface area contributed by atoms with Crippen LogP contribution in [0.3, 0.4) is 0 Å². The van der Waals surface area contributed by atoms with Crippen molar-refractivity contribution >= 4 is 5.91 Å². The molecule has 4 rings (SSSR count). The Bertz CT molecular complexity index is 958. The molecule has 140 valence electrons. The zero-order valence-electron chi connectivity index (χ0n) is 16.0. The zero-order chi connectivity index (χ0) is 19.0. The first kappa shape index (κ1) is 17.5. The van der Waals surface area contributed by atoms with Gasteiger partial charge in [0.25, 0.3) is 0 Å². The summed E-state index contributed by atoms with van der Waals surface area (Å²) in [7, 11) is 3.75. The lowest BCUT2D eigenvalue weighted by Gasteiger charge is -2.27. The number of fused-ring (bicyclic) bond motifs is 1. The monoisotopic (exact) mass is 364 g/mol. The van der Waals surface area contributed by atoms with Crippen molar-refractivity contribution in [3.8, 4) is 11.4 Å². The number of hydrogen-bond acceptors (Lipinski definition) is 4. The van der Waals surface area contributed by atoms with Crippen molar-refractivity contribution in [2.45, 2.75) is 38.8 Å². The minimum atomic E-state index is -0.245. The van der Waals surface area contributed by atoms with Crippen LogP contribution in [0.2, 0.25) is 0 Å². The molecule has 0 aliphatic carbocycles. The molecule has 27 heavy (non-hydrogen) atoms. The first-order valence-electron chi connectivity index (χ1n) is 9.27. The topological polar surface area (TPSA) is 68.8 Å². The molecule has 0 N–H and O–H groups in total. The average Bonchev–Trinajstić information content (AvgIpc) is 3.24. The summed E-state index contributed by atoms with van der Waals surface area (Å²) < 4.78 is 3.89. The number of aromatic nitrogens is 5. The minimum absolute atomic E-state index is 0.0891. The number of amides is 1. The average molecular weight is 364 g/mol. The van der Waals surface area contributed by atoms with Crippen molar-refractivity contribution in [3.05, 3.63) is 53.6 Å². The fraction of sp³-hybridized carbons (Fsp3) is 0.400. The van der Waals surface area contributed by atoms with E-state index in [2.05, 4.69) is 19.9 Å². The highest BCUT2D eigenvalue weighted by Crippen LogP contribution is 2.31. The van der Waals surface area contributed by atoms with Gasteiger partial charge in [-0.25, -0.2) is 0 Å². The van der Waals surface area contributed by atoms with E-state index in [1.54, 1.807) is 9.58 Å². The van der Waals surface area contributed by atoms with E-state index < -0.39 is 0 Å². The number of carbonyl (C=O) groups is 1. The van der Waals surface area contributed by atoms with E-state index in [0.717, 1.165) is 47.9 Å². The molecule has 3 heterocycles. The largest absolute Gasteiger partial charge is 0.341 e. The number of aryl methyl sites for hydroxylation is 2. The summed E-state index contributed by atoms with van der Waals surface area (Å²) in [5, 5.41) is 13.1. The summed E-state index contributed by atoms with van der Waals surface area (Å²) in [6.45, 7) is 3.37. The fourth-order valence-electron chi connectivity index (χ4n) is 3.81. The molecular weight excluding hydrogens is 340 g/mol. The van der Waals surface area contributed by atoms with E-state index in [-0.39, 0.29) is 11.8 Å². The van der Waals surface area contributed by atoms with E-state index in [4.69, 9.17) is 0 Å². The van der Waals surface area contributed by atoms with Crippen LogP contribution in [0.25, 0.3) is 11.4 Å². The Hall–Kier alpha value is -2.96. The molecule has 1 aromatic carbocycles. The third kappa shape index (κ3) is 3.25.